The Morgan fingerprint density at radius 1 is 1.56 bits per heavy atom. The zero-order valence-corrected chi connectivity index (χ0v) is 11.2. The summed E-state index contributed by atoms with van der Waals surface area (Å²) in [5.41, 5.74) is 0.229. The van der Waals surface area contributed by atoms with E-state index < -0.39 is 5.60 Å². The third-order valence-corrected chi connectivity index (χ3v) is 2.62. The predicted octanol–water partition coefficient (Wildman–Crippen LogP) is 2.60. The largest absolute Gasteiger partial charge is 0.378 e. The minimum atomic E-state index is -0.452. The van der Waals surface area contributed by atoms with Crippen molar-refractivity contribution in [2.75, 3.05) is 12.4 Å². The van der Waals surface area contributed by atoms with Crippen molar-refractivity contribution >= 4 is 27.5 Å². The number of pyridine rings is 1. The lowest BCUT2D eigenvalue weighted by Crippen LogP contribution is -2.29. The molecule has 88 valence electrons. The van der Waals surface area contributed by atoms with E-state index in [1.807, 2.05) is 13.8 Å². The van der Waals surface area contributed by atoms with Gasteiger partial charge in [-0.05, 0) is 41.9 Å². The topological polar surface area (TPSA) is 51.2 Å². The van der Waals surface area contributed by atoms with Crippen LogP contribution in [0.3, 0.4) is 0 Å². The number of hydrogen-bond donors (Lipinski definition) is 1. The first-order chi connectivity index (χ1) is 7.43. The number of nitrogens with one attached hydrogen (secondary N) is 1. The Morgan fingerprint density at radius 2 is 2.25 bits per heavy atom. The third-order valence-electron chi connectivity index (χ3n) is 2.15. The molecule has 1 heterocycles. The average molecular weight is 287 g/mol. The summed E-state index contributed by atoms with van der Waals surface area (Å²) in [5.74, 6) is -0.0871. The number of carbonyl (C=O) groups is 1. The number of methoxy groups -OCH3 is 1. The van der Waals surface area contributed by atoms with E-state index in [2.05, 4.69) is 26.2 Å². The van der Waals surface area contributed by atoms with Gasteiger partial charge in [0, 0.05) is 7.11 Å². The molecule has 0 aromatic carbocycles. The molecule has 0 radical (unpaired) electrons. The highest BCUT2D eigenvalue weighted by Gasteiger charge is 2.20. The molecular weight excluding hydrogens is 272 g/mol. The number of rotatable bonds is 4. The minimum Gasteiger partial charge on any atom is -0.378 e. The van der Waals surface area contributed by atoms with Crippen LogP contribution in [-0.2, 0) is 9.53 Å². The van der Waals surface area contributed by atoms with Gasteiger partial charge >= 0.3 is 0 Å². The van der Waals surface area contributed by atoms with Crippen molar-refractivity contribution in [2.24, 2.45) is 0 Å². The molecule has 1 amide bonds. The van der Waals surface area contributed by atoms with Gasteiger partial charge in [0.05, 0.1) is 23.9 Å². The zero-order valence-electron chi connectivity index (χ0n) is 9.58. The highest BCUT2D eigenvalue weighted by molar-refractivity contribution is 9.10. The molecule has 4 nitrogen and oxygen atoms in total. The van der Waals surface area contributed by atoms with Crippen LogP contribution in [0, 0.1) is 0 Å². The van der Waals surface area contributed by atoms with Crippen molar-refractivity contribution in [1.82, 2.24) is 4.98 Å². The van der Waals surface area contributed by atoms with Crippen LogP contribution >= 0.6 is 15.9 Å². The number of amides is 1. The molecule has 0 unspecified atom stereocenters. The van der Waals surface area contributed by atoms with Gasteiger partial charge in [0.25, 0.3) is 0 Å². The normalized spacial score (nSPS) is 11.2. The van der Waals surface area contributed by atoms with E-state index in [9.17, 15) is 4.79 Å². The Hall–Kier alpha value is -0.940. The van der Waals surface area contributed by atoms with Crippen LogP contribution in [0.15, 0.2) is 22.9 Å². The van der Waals surface area contributed by atoms with Gasteiger partial charge in [0.15, 0.2) is 0 Å². The number of hydrogen-bond acceptors (Lipinski definition) is 3. The van der Waals surface area contributed by atoms with Gasteiger partial charge in [-0.25, -0.2) is 4.98 Å². The molecule has 0 saturated carbocycles. The van der Waals surface area contributed by atoms with E-state index in [1.54, 1.807) is 25.4 Å². The fraction of sp³-hybridized carbons (Fsp3) is 0.455. The van der Waals surface area contributed by atoms with E-state index in [-0.39, 0.29) is 5.91 Å². The molecule has 0 atom stereocenters. The van der Waals surface area contributed by atoms with Gasteiger partial charge < -0.3 is 10.1 Å². The maximum absolute atomic E-state index is 11.6. The lowest BCUT2D eigenvalue weighted by atomic mass is 10.1. The summed E-state index contributed by atoms with van der Waals surface area (Å²) < 4.78 is 5.92. The third kappa shape index (κ3) is 4.28. The molecule has 1 N–H and O–H groups in total. The molecule has 16 heavy (non-hydrogen) atoms. The van der Waals surface area contributed by atoms with Crippen molar-refractivity contribution < 1.29 is 9.53 Å². The quantitative estimate of drug-likeness (QED) is 0.866. The van der Waals surface area contributed by atoms with Crippen LogP contribution in [0.2, 0.25) is 0 Å². The van der Waals surface area contributed by atoms with Gasteiger partial charge in [-0.15, -0.1) is 0 Å². The second kappa shape index (κ2) is 5.41. The van der Waals surface area contributed by atoms with Crippen molar-refractivity contribution in [3.63, 3.8) is 0 Å². The maximum Gasteiger partial charge on any atom is 0.227 e. The number of ether oxygens (including phenoxy) is 1. The Kier molecular flexibility index (Phi) is 4.44. The summed E-state index contributed by atoms with van der Waals surface area (Å²) in [6.07, 6.45) is 1.90. The fourth-order valence-electron chi connectivity index (χ4n) is 1.11. The number of aromatic nitrogens is 1. The van der Waals surface area contributed by atoms with Crippen molar-refractivity contribution in [2.45, 2.75) is 25.9 Å². The van der Waals surface area contributed by atoms with Crippen LogP contribution < -0.4 is 5.32 Å². The molecule has 1 rings (SSSR count). The van der Waals surface area contributed by atoms with Crippen LogP contribution in [-0.4, -0.2) is 23.6 Å². The summed E-state index contributed by atoms with van der Waals surface area (Å²) in [4.78, 5) is 15.7. The number of halogens is 1. The summed E-state index contributed by atoms with van der Waals surface area (Å²) >= 11 is 3.23. The number of carbonyl (C=O) groups excluding carboxylic acids is 1. The predicted molar refractivity (Wildman–Crippen MR) is 66.3 cm³/mol. The SMILES string of the molecule is COC(C)(C)CC(=O)Nc1ccc(Br)nc1. The molecule has 1 aromatic heterocycles. The first-order valence-corrected chi connectivity index (χ1v) is 5.69. The summed E-state index contributed by atoms with van der Waals surface area (Å²) in [6, 6.07) is 3.56. The summed E-state index contributed by atoms with van der Waals surface area (Å²) in [5, 5.41) is 2.76. The van der Waals surface area contributed by atoms with E-state index in [0.717, 1.165) is 4.60 Å². The van der Waals surface area contributed by atoms with E-state index in [4.69, 9.17) is 4.74 Å². The Morgan fingerprint density at radius 3 is 2.75 bits per heavy atom. The fourth-order valence-corrected chi connectivity index (χ4v) is 1.35. The molecule has 0 bridgehead atoms. The maximum atomic E-state index is 11.6. The van der Waals surface area contributed by atoms with E-state index in [0.29, 0.717) is 12.1 Å². The van der Waals surface area contributed by atoms with Gasteiger partial charge in [-0.1, -0.05) is 0 Å². The monoisotopic (exact) mass is 286 g/mol. The smallest absolute Gasteiger partial charge is 0.227 e. The first-order valence-electron chi connectivity index (χ1n) is 4.89. The molecule has 1 aromatic rings. The summed E-state index contributed by atoms with van der Waals surface area (Å²) in [7, 11) is 1.59. The van der Waals surface area contributed by atoms with Gasteiger partial charge in [-0.3, -0.25) is 4.79 Å². The number of anilines is 1. The average Bonchev–Trinajstić information content (AvgIpc) is 2.21. The highest BCUT2D eigenvalue weighted by atomic mass is 79.9. The van der Waals surface area contributed by atoms with Crippen molar-refractivity contribution in [3.8, 4) is 0 Å². The van der Waals surface area contributed by atoms with Crippen LogP contribution in [0.1, 0.15) is 20.3 Å². The minimum absolute atomic E-state index is 0.0871. The van der Waals surface area contributed by atoms with Crippen LogP contribution in [0.25, 0.3) is 0 Å². The Labute approximate surface area is 104 Å². The number of nitrogens with zero attached hydrogens (tertiary/aromatic N) is 1. The molecule has 0 aliphatic rings. The van der Waals surface area contributed by atoms with Gasteiger partial charge in [-0.2, -0.15) is 0 Å². The van der Waals surface area contributed by atoms with Crippen molar-refractivity contribution in [1.29, 1.82) is 0 Å². The highest BCUT2D eigenvalue weighted by Crippen LogP contribution is 2.15. The van der Waals surface area contributed by atoms with Crippen LogP contribution in [0.4, 0.5) is 5.69 Å². The Balaban J connectivity index is 2.55. The second-order valence-electron chi connectivity index (χ2n) is 4.06. The Bertz CT molecular complexity index is 363. The zero-order chi connectivity index (χ0) is 12.2. The molecule has 0 aliphatic heterocycles. The van der Waals surface area contributed by atoms with E-state index in [1.165, 1.54) is 0 Å². The molecule has 0 saturated heterocycles. The molecular formula is C11H15BrN2O2. The first kappa shape index (κ1) is 13.1. The second-order valence-corrected chi connectivity index (χ2v) is 4.87. The standard InChI is InChI=1S/C11H15BrN2O2/c1-11(2,16-3)6-10(15)14-8-4-5-9(12)13-7-8/h4-5,7H,6H2,1-3H3,(H,14,15). The van der Waals surface area contributed by atoms with E-state index >= 15 is 0 Å². The lowest BCUT2D eigenvalue weighted by molar-refractivity contribution is -0.121. The molecule has 0 spiro atoms. The molecule has 0 aliphatic carbocycles. The van der Waals surface area contributed by atoms with Gasteiger partial charge in [0.1, 0.15) is 4.60 Å². The molecule has 0 fully saturated rings. The lowest BCUT2D eigenvalue weighted by Gasteiger charge is -2.21. The van der Waals surface area contributed by atoms with Crippen LogP contribution in [0.5, 0.6) is 0 Å². The summed E-state index contributed by atoms with van der Waals surface area (Å²) in [6.45, 7) is 3.73. The van der Waals surface area contributed by atoms with Gasteiger partial charge in [0.2, 0.25) is 5.91 Å². The molecule has 5 heteroatoms. The van der Waals surface area contributed by atoms with Crippen molar-refractivity contribution in [3.05, 3.63) is 22.9 Å².